The van der Waals surface area contributed by atoms with Gasteiger partial charge in [0.2, 0.25) is 0 Å². The SMILES string of the molecule is O=S([O-])c1ccc(-c2ccc(F)cc2)cc1. The van der Waals surface area contributed by atoms with Crippen LogP contribution in [0.2, 0.25) is 0 Å². The fourth-order valence-electron chi connectivity index (χ4n) is 1.40. The van der Waals surface area contributed by atoms with Gasteiger partial charge in [0.05, 0.1) is 0 Å². The number of rotatable bonds is 2. The molecule has 0 fully saturated rings. The molecule has 0 amide bonds. The Labute approximate surface area is 95.0 Å². The molecule has 2 nitrogen and oxygen atoms in total. The highest BCUT2D eigenvalue weighted by molar-refractivity contribution is 7.79. The van der Waals surface area contributed by atoms with Gasteiger partial charge < -0.3 is 4.55 Å². The molecule has 0 aliphatic carbocycles. The lowest BCUT2D eigenvalue weighted by Crippen LogP contribution is -1.88. The van der Waals surface area contributed by atoms with Crippen molar-refractivity contribution < 1.29 is 13.2 Å². The lowest BCUT2D eigenvalue weighted by Gasteiger charge is -2.06. The van der Waals surface area contributed by atoms with Crippen molar-refractivity contribution in [2.75, 3.05) is 0 Å². The van der Waals surface area contributed by atoms with Gasteiger partial charge in [-0.15, -0.1) is 0 Å². The maximum atomic E-state index is 12.7. The third-order valence-corrected chi connectivity index (χ3v) is 2.88. The Morgan fingerprint density at radius 3 is 1.75 bits per heavy atom. The third-order valence-electron chi connectivity index (χ3n) is 2.22. The summed E-state index contributed by atoms with van der Waals surface area (Å²) in [5.74, 6) is -0.291. The van der Waals surface area contributed by atoms with Gasteiger partial charge in [-0.05, 0) is 46.5 Å². The summed E-state index contributed by atoms with van der Waals surface area (Å²) >= 11 is -2.21. The van der Waals surface area contributed by atoms with Crippen LogP contribution in [-0.4, -0.2) is 8.76 Å². The van der Waals surface area contributed by atoms with Crippen molar-refractivity contribution in [3.8, 4) is 11.1 Å². The predicted octanol–water partition coefficient (Wildman–Crippen LogP) is 2.73. The Morgan fingerprint density at radius 1 is 0.875 bits per heavy atom. The van der Waals surface area contributed by atoms with E-state index in [0.717, 1.165) is 11.1 Å². The molecule has 0 spiro atoms. The van der Waals surface area contributed by atoms with E-state index in [-0.39, 0.29) is 10.7 Å². The molecule has 1 atom stereocenters. The zero-order valence-corrected chi connectivity index (χ0v) is 9.04. The van der Waals surface area contributed by atoms with Crippen molar-refractivity contribution in [3.63, 3.8) is 0 Å². The standard InChI is InChI=1S/C12H9FO2S/c13-11-5-1-9(2-6-11)10-3-7-12(8-4-10)16(14)15/h1-8H,(H,14,15)/p-1. The molecule has 2 aromatic rings. The van der Waals surface area contributed by atoms with Gasteiger partial charge in [-0.25, -0.2) is 4.39 Å². The molecular weight excluding hydrogens is 227 g/mol. The summed E-state index contributed by atoms with van der Waals surface area (Å²) in [5.41, 5.74) is 1.71. The van der Waals surface area contributed by atoms with Crippen LogP contribution in [0.25, 0.3) is 11.1 Å². The minimum Gasteiger partial charge on any atom is -0.768 e. The number of hydrogen-bond donors (Lipinski definition) is 0. The third kappa shape index (κ3) is 2.35. The average Bonchev–Trinajstić information content (AvgIpc) is 2.30. The highest BCUT2D eigenvalue weighted by Crippen LogP contribution is 2.20. The van der Waals surface area contributed by atoms with E-state index in [1.807, 2.05) is 0 Å². The van der Waals surface area contributed by atoms with Gasteiger partial charge in [0.15, 0.2) is 0 Å². The summed E-state index contributed by atoms with van der Waals surface area (Å²) in [6.45, 7) is 0. The van der Waals surface area contributed by atoms with Gasteiger partial charge >= 0.3 is 0 Å². The molecule has 0 aliphatic rings. The van der Waals surface area contributed by atoms with Crippen molar-refractivity contribution >= 4 is 11.1 Å². The quantitative estimate of drug-likeness (QED) is 0.751. The van der Waals surface area contributed by atoms with E-state index >= 15 is 0 Å². The van der Waals surface area contributed by atoms with Crippen LogP contribution in [0.1, 0.15) is 0 Å². The van der Waals surface area contributed by atoms with Crippen molar-refractivity contribution in [3.05, 3.63) is 54.3 Å². The van der Waals surface area contributed by atoms with Crippen LogP contribution in [0.15, 0.2) is 53.4 Å². The molecule has 2 rings (SSSR count). The minimum absolute atomic E-state index is 0.242. The normalized spacial score (nSPS) is 12.4. The lowest BCUT2D eigenvalue weighted by molar-refractivity contribution is 0.537. The van der Waals surface area contributed by atoms with Gasteiger partial charge in [0.25, 0.3) is 0 Å². The molecule has 0 saturated carbocycles. The number of hydrogen-bond acceptors (Lipinski definition) is 2. The van der Waals surface area contributed by atoms with Crippen molar-refractivity contribution in [1.82, 2.24) is 0 Å². The van der Waals surface area contributed by atoms with Crippen molar-refractivity contribution in [2.24, 2.45) is 0 Å². The Kier molecular flexibility index (Phi) is 3.12. The first kappa shape index (κ1) is 11.0. The molecule has 1 unspecified atom stereocenters. The van der Waals surface area contributed by atoms with E-state index in [1.54, 1.807) is 24.3 Å². The largest absolute Gasteiger partial charge is 0.768 e. The first-order valence-corrected chi connectivity index (χ1v) is 5.69. The Morgan fingerprint density at radius 2 is 1.31 bits per heavy atom. The maximum Gasteiger partial charge on any atom is 0.123 e. The molecule has 16 heavy (non-hydrogen) atoms. The van der Waals surface area contributed by atoms with Gasteiger partial charge in [0.1, 0.15) is 5.82 Å². The second-order valence-corrected chi connectivity index (χ2v) is 4.21. The molecule has 0 aliphatic heterocycles. The van der Waals surface area contributed by atoms with Crippen LogP contribution in [0, 0.1) is 5.82 Å². The Balaban J connectivity index is 2.34. The molecular formula is C12H8FO2S-. The van der Waals surface area contributed by atoms with Gasteiger partial charge in [0, 0.05) is 4.90 Å². The van der Waals surface area contributed by atoms with E-state index in [9.17, 15) is 13.2 Å². The number of benzene rings is 2. The average molecular weight is 235 g/mol. The van der Waals surface area contributed by atoms with Crippen LogP contribution in [0.5, 0.6) is 0 Å². The first-order valence-electron chi connectivity index (χ1n) is 4.62. The summed E-state index contributed by atoms with van der Waals surface area (Å²) in [6.07, 6.45) is 0. The Bertz CT molecular complexity index is 506. The predicted molar refractivity (Wildman–Crippen MR) is 59.0 cm³/mol. The Hall–Kier alpha value is -1.52. The van der Waals surface area contributed by atoms with Crippen LogP contribution < -0.4 is 0 Å². The summed E-state index contributed by atoms with van der Waals surface area (Å²) in [4.78, 5) is 0.242. The van der Waals surface area contributed by atoms with Crippen LogP contribution in [0.3, 0.4) is 0 Å². The molecule has 0 heterocycles. The fourth-order valence-corrected chi connectivity index (χ4v) is 1.76. The lowest BCUT2D eigenvalue weighted by atomic mass is 10.1. The van der Waals surface area contributed by atoms with Crippen molar-refractivity contribution in [2.45, 2.75) is 4.90 Å². The number of halogens is 1. The first-order chi connectivity index (χ1) is 7.66. The summed E-state index contributed by atoms with van der Waals surface area (Å²) in [5, 5.41) is 0. The van der Waals surface area contributed by atoms with E-state index in [1.165, 1.54) is 24.3 Å². The van der Waals surface area contributed by atoms with E-state index < -0.39 is 11.1 Å². The zero-order valence-electron chi connectivity index (χ0n) is 8.22. The van der Waals surface area contributed by atoms with E-state index in [2.05, 4.69) is 0 Å². The smallest absolute Gasteiger partial charge is 0.123 e. The molecule has 0 saturated heterocycles. The van der Waals surface area contributed by atoms with E-state index in [4.69, 9.17) is 0 Å². The monoisotopic (exact) mass is 235 g/mol. The molecule has 4 heteroatoms. The van der Waals surface area contributed by atoms with Crippen LogP contribution >= 0.6 is 0 Å². The summed E-state index contributed by atoms with van der Waals surface area (Å²) in [6, 6.07) is 12.5. The summed E-state index contributed by atoms with van der Waals surface area (Å²) < 4.78 is 34.0. The van der Waals surface area contributed by atoms with Gasteiger partial charge in [-0.1, -0.05) is 24.3 Å². The maximum absolute atomic E-state index is 12.7. The second kappa shape index (κ2) is 4.55. The minimum atomic E-state index is -2.21. The molecule has 0 aromatic heterocycles. The summed E-state index contributed by atoms with van der Waals surface area (Å²) in [7, 11) is 0. The fraction of sp³-hybridized carbons (Fsp3) is 0. The molecule has 0 bridgehead atoms. The van der Waals surface area contributed by atoms with E-state index in [0.29, 0.717) is 0 Å². The van der Waals surface area contributed by atoms with Gasteiger partial charge in [-0.2, -0.15) is 0 Å². The van der Waals surface area contributed by atoms with Gasteiger partial charge in [-0.3, -0.25) is 4.21 Å². The molecule has 0 N–H and O–H groups in total. The molecule has 0 radical (unpaired) electrons. The zero-order chi connectivity index (χ0) is 11.5. The highest BCUT2D eigenvalue weighted by atomic mass is 32.2. The topological polar surface area (TPSA) is 40.1 Å². The second-order valence-electron chi connectivity index (χ2n) is 3.27. The van der Waals surface area contributed by atoms with Crippen molar-refractivity contribution in [1.29, 1.82) is 0 Å². The van der Waals surface area contributed by atoms with Crippen LogP contribution in [-0.2, 0) is 11.1 Å². The highest BCUT2D eigenvalue weighted by Gasteiger charge is 1.98. The van der Waals surface area contributed by atoms with Crippen LogP contribution in [0.4, 0.5) is 4.39 Å². The molecule has 2 aromatic carbocycles. The molecule has 82 valence electrons.